The molecule has 0 spiro atoms. The van der Waals surface area contributed by atoms with Crippen LogP contribution in [0.2, 0.25) is 0 Å². The molecule has 106 valence electrons. The van der Waals surface area contributed by atoms with Crippen LogP contribution in [-0.2, 0) is 0 Å². The molecule has 1 N–H and O–H groups in total. The third-order valence-corrected chi connectivity index (χ3v) is 2.90. The van der Waals surface area contributed by atoms with E-state index in [0.29, 0.717) is 11.7 Å². The van der Waals surface area contributed by atoms with E-state index in [9.17, 15) is 0 Å². The van der Waals surface area contributed by atoms with E-state index in [1.54, 1.807) is 19.5 Å². The number of nitrogens with zero attached hydrogens (tertiary/aromatic N) is 4. The number of methoxy groups -OCH3 is 1. The minimum Gasteiger partial charge on any atom is -0.493 e. The molecule has 6 nitrogen and oxygen atoms in total. The summed E-state index contributed by atoms with van der Waals surface area (Å²) < 4.78 is 5.36. The molecule has 0 atom stereocenters. The maximum absolute atomic E-state index is 5.36. The zero-order chi connectivity index (χ0) is 14.7. The van der Waals surface area contributed by atoms with Crippen LogP contribution in [0.5, 0.6) is 5.75 Å². The van der Waals surface area contributed by atoms with Crippen LogP contribution in [0, 0.1) is 13.8 Å². The van der Waals surface area contributed by atoms with Crippen molar-refractivity contribution in [2.24, 2.45) is 0 Å². The van der Waals surface area contributed by atoms with Crippen molar-refractivity contribution in [2.75, 3.05) is 31.4 Å². The van der Waals surface area contributed by atoms with E-state index in [1.807, 2.05) is 38.9 Å². The summed E-state index contributed by atoms with van der Waals surface area (Å²) >= 11 is 0. The van der Waals surface area contributed by atoms with Gasteiger partial charge in [-0.3, -0.25) is 4.98 Å². The second-order valence-electron chi connectivity index (χ2n) is 4.70. The summed E-state index contributed by atoms with van der Waals surface area (Å²) in [5.74, 6) is 2.11. The Bertz CT molecular complexity index is 613. The fourth-order valence-corrected chi connectivity index (χ4v) is 1.98. The maximum atomic E-state index is 5.36. The standard InChI is InChI=1S/C14H19N5O/c1-9-8-16-14(18-13(9)19(3)4)17-11-6-7-15-10(2)12(11)20-5/h6-8H,1-5H3,(H,15,16,17,18). The van der Waals surface area contributed by atoms with Crippen LogP contribution in [0.3, 0.4) is 0 Å². The Morgan fingerprint density at radius 1 is 1.20 bits per heavy atom. The number of aromatic nitrogens is 3. The Morgan fingerprint density at radius 3 is 2.60 bits per heavy atom. The van der Waals surface area contributed by atoms with Gasteiger partial charge in [-0.1, -0.05) is 0 Å². The molecule has 0 aliphatic carbocycles. The first kappa shape index (κ1) is 14.0. The van der Waals surface area contributed by atoms with Gasteiger partial charge in [0.25, 0.3) is 0 Å². The van der Waals surface area contributed by atoms with Crippen molar-refractivity contribution in [1.29, 1.82) is 0 Å². The van der Waals surface area contributed by atoms with E-state index in [-0.39, 0.29) is 0 Å². The number of ether oxygens (including phenoxy) is 1. The van der Waals surface area contributed by atoms with Gasteiger partial charge in [-0.15, -0.1) is 0 Å². The minimum atomic E-state index is 0.531. The van der Waals surface area contributed by atoms with E-state index < -0.39 is 0 Å². The molecule has 0 fully saturated rings. The summed E-state index contributed by atoms with van der Waals surface area (Å²) in [6.45, 7) is 3.88. The van der Waals surface area contributed by atoms with Gasteiger partial charge < -0.3 is 15.0 Å². The van der Waals surface area contributed by atoms with E-state index >= 15 is 0 Å². The summed E-state index contributed by atoms with van der Waals surface area (Å²) in [7, 11) is 5.53. The third-order valence-electron chi connectivity index (χ3n) is 2.90. The lowest BCUT2D eigenvalue weighted by Gasteiger charge is -2.16. The molecule has 0 bridgehead atoms. The number of nitrogens with one attached hydrogen (secondary N) is 1. The van der Waals surface area contributed by atoms with Crippen LogP contribution in [0.1, 0.15) is 11.3 Å². The Balaban J connectivity index is 2.36. The summed E-state index contributed by atoms with van der Waals surface area (Å²) in [4.78, 5) is 15.0. The van der Waals surface area contributed by atoms with Gasteiger partial charge >= 0.3 is 0 Å². The van der Waals surface area contributed by atoms with Gasteiger partial charge in [-0.25, -0.2) is 4.98 Å². The fourth-order valence-electron chi connectivity index (χ4n) is 1.98. The number of rotatable bonds is 4. The van der Waals surface area contributed by atoms with Crippen molar-refractivity contribution in [3.05, 3.63) is 29.7 Å². The first-order valence-corrected chi connectivity index (χ1v) is 6.30. The van der Waals surface area contributed by atoms with Crippen LogP contribution in [0.25, 0.3) is 0 Å². The second kappa shape index (κ2) is 5.73. The fraction of sp³-hybridized carbons (Fsp3) is 0.357. The smallest absolute Gasteiger partial charge is 0.229 e. The highest BCUT2D eigenvalue weighted by Gasteiger charge is 2.10. The summed E-state index contributed by atoms with van der Waals surface area (Å²) in [6, 6.07) is 1.84. The molecule has 2 aromatic heterocycles. The van der Waals surface area contributed by atoms with Gasteiger partial charge in [-0.05, 0) is 19.9 Å². The van der Waals surface area contributed by atoms with Crippen molar-refractivity contribution < 1.29 is 4.74 Å². The molecule has 0 aliphatic rings. The molecule has 6 heteroatoms. The van der Waals surface area contributed by atoms with Gasteiger partial charge in [0.05, 0.1) is 18.5 Å². The van der Waals surface area contributed by atoms with Crippen molar-refractivity contribution >= 4 is 17.5 Å². The lowest BCUT2D eigenvalue weighted by molar-refractivity contribution is 0.411. The molecule has 0 amide bonds. The van der Waals surface area contributed by atoms with Crippen LogP contribution < -0.4 is 15.0 Å². The molecular formula is C14H19N5O. The highest BCUT2D eigenvalue weighted by Crippen LogP contribution is 2.28. The quantitative estimate of drug-likeness (QED) is 0.922. The number of pyridine rings is 1. The highest BCUT2D eigenvalue weighted by molar-refractivity contribution is 5.64. The lowest BCUT2D eigenvalue weighted by atomic mass is 10.3. The molecule has 0 aromatic carbocycles. The highest BCUT2D eigenvalue weighted by atomic mass is 16.5. The number of anilines is 3. The Hall–Kier alpha value is -2.37. The molecule has 2 aromatic rings. The molecular weight excluding hydrogens is 254 g/mol. The van der Waals surface area contributed by atoms with Gasteiger partial charge in [0.2, 0.25) is 5.95 Å². The van der Waals surface area contributed by atoms with Crippen molar-refractivity contribution in [2.45, 2.75) is 13.8 Å². The molecule has 0 saturated carbocycles. The summed E-state index contributed by atoms with van der Waals surface area (Å²) in [6.07, 6.45) is 3.52. The van der Waals surface area contributed by atoms with Crippen LogP contribution in [-0.4, -0.2) is 36.2 Å². The number of hydrogen-bond donors (Lipinski definition) is 1. The van der Waals surface area contributed by atoms with E-state index in [2.05, 4.69) is 20.3 Å². The average Bonchev–Trinajstić information content (AvgIpc) is 2.41. The number of aryl methyl sites for hydroxylation is 2. The molecule has 0 radical (unpaired) electrons. The first-order chi connectivity index (χ1) is 9.52. The number of hydrogen-bond acceptors (Lipinski definition) is 6. The van der Waals surface area contributed by atoms with Gasteiger partial charge in [0.1, 0.15) is 5.82 Å². The van der Waals surface area contributed by atoms with Gasteiger partial charge in [-0.2, -0.15) is 4.98 Å². The predicted molar refractivity (Wildman–Crippen MR) is 79.9 cm³/mol. The molecule has 2 heterocycles. The molecule has 0 saturated heterocycles. The van der Waals surface area contributed by atoms with Gasteiger partial charge in [0.15, 0.2) is 5.75 Å². The topological polar surface area (TPSA) is 63.2 Å². The Kier molecular flexibility index (Phi) is 4.02. The summed E-state index contributed by atoms with van der Waals surface area (Å²) in [5.41, 5.74) is 2.64. The van der Waals surface area contributed by atoms with Gasteiger partial charge in [0, 0.05) is 32.1 Å². The second-order valence-corrected chi connectivity index (χ2v) is 4.70. The van der Waals surface area contributed by atoms with E-state index in [1.165, 1.54) is 0 Å². The van der Waals surface area contributed by atoms with Crippen LogP contribution in [0.15, 0.2) is 18.5 Å². The largest absolute Gasteiger partial charge is 0.493 e. The Morgan fingerprint density at radius 2 is 1.95 bits per heavy atom. The van der Waals surface area contributed by atoms with Crippen molar-refractivity contribution in [3.8, 4) is 5.75 Å². The SMILES string of the molecule is COc1c(Nc2ncc(C)c(N(C)C)n2)ccnc1C. The molecule has 0 aliphatic heterocycles. The van der Waals surface area contributed by atoms with E-state index in [4.69, 9.17) is 4.74 Å². The zero-order valence-electron chi connectivity index (χ0n) is 12.4. The average molecular weight is 273 g/mol. The van der Waals surface area contributed by atoms with Crippen LogP contribution >= 0.6 is 0 Å². The maximum Gasteiger partial charge on any atom is 0.229 e. The minimum absolute atomic E-state index is 0.531. The lowest BCUT2D eigenvalue weighted by Crippen LogP contribution is -2.14. The van der Waals surface area contributed by atoms with Crippen molar-refractivity contribution in [1.82, 2.24) is 15.0 Å². The molecule has 0 unspecified atom stereocenters. The third kappa shape index (κ3) is 2.79. The molecule has 20 heavy (non-hydrogen) atoms. The Labute approximate surface area is 118 Å². The van der Waals surface area contributed by atoms with E-state index in [0.717, 1.165) is 22.8 Å². The van der Waals surface area contributed by atoms with Crippen molar-refractivity contribution in [3.63, 3.8) is 0 Å². The normalized spacial score (nSPS) is 10.2. The zero-order valence-corrected chi connectivity index (χ0v) is 12.4. The predicted octanol–water partition coefficient (Wildman–Crippen LogP) is 2.31. The first-order valence-electron chi connectivity index (χ1n) is 6.30. The molecule has 2 rings (SSSR count). The van der Waals surface area contributed by atoms with Crippen LogP contribution in [0.4, 0.5) is 17.5 Å². The monoisotopic (exact) mass is 273 g/mol. The summed E-state index contributed by atoms with van der Waals surface area (Å²) in [5, 5.41) is 3.17.